The molecule has 2 aliphatic rings. The van der Waals surface area contributed by atoms with Crippen LogP contribution in [0.4, 0.5) is 0 Å². The first-order chi connectivity index (χ1) is 14.3. The number of carbonyl (C=O) groups excluding carboxylic acids is 2. The van der Waals surface area contributed by atoms with Gasteiger partial charge >= 0.3 is 0 Å². The lowest BCUT2D eigenvalue weighted by Crippen LogP contribution is -2.55. The Bertz CT molecular complexity index is 976. The number of likely N-dealkylation sites (tertiary alicyclic amines) is 1. The van der Waals surface area contributed by atoms with Gasteiger partial charge < -0.3 is 9.74 Å². The van der Waals surface area contributed by atoms with E-state index in [4.69, 9.17) is 16.4 Å². The van der Waals surface area contributed by atoms with E-state index in [2.05, 4.69) is 0 Å². The second-order valence-corrected chi connectivity index (χ2v) is 8.91. The lowest BCUT2D eigenvalue weighted by molar-refractivity contribution is -0.165. The predicted octanol–water partition coefficient (Wildman–Crippen LogP) is 3.84. The fourth-order valence-electron chi connectivity index (χ4n) is 5.12. The van der Waals surface area contributed by atoms with Crippen LogP contribution < -0.4 is 0 Å². The summed E-state index contributed by atoms with van der Waals surface area (Å²) in [6.07, 6.45) is 1.02. The maximum atomic E-state index is 13.8. The number of halogens is 1. The standard InChI is InChI=1S/C24H27ClN2O3/c1-16-14-19(18-8-6-5-7-9-18)15-17(2)20(16)24(25)21(28)23(26(3)22(24)29)10-12-27(30-4)13-11-23/h5-9,14-15H,10-13H2,1-4H3. The van der Waals surface area contributed by atoms with Gasteiger partial charge in [-0.2, -0.15) is 5.06 Å². The van der Waals surface area contributed by atoms with Crippen LogP contribution in [-0.4, -0.2) is 54.4 Å². The van der Waals surface area contributed by atoms with Crippen LogP contribution in [0.1, 0.15) is 29.5 Å². The molecule has 0 saturated carbocycles. The van der Waals surface area contributed by atoms with E-state index in [1.54, 1.807) is 19.1 Å². The number of Topliss-reactive ketones (excluding diaryl/α,β-unsaturated/α-hetero) is 1. The number of hydrogen-bond donors (Lipinski definition) is 0. The molecule has 2 fully saturated rings. The Hall–Kier alpha value is -2.21. The Labute approximate surface area is 182 Å². The summed E-state index contributed by atoms with van der Waals surface area (Å²) >= 11 is 7.01. The molecule has 2 heterocycles. The molecule has 5 nitrogen and oxygen atoms in total. The Kier molecular flexibility index (Phi) is 5.25. The maximum Gasteiger partial charge on any atom is 0.256 e. The summed E-state index contributed by atoms with van der Waals surface area (Å²) in [5, 5.41) is 1.82. The third kappa shape index (κ3) is 2.91. The number of rotatable bonds is 3. The number of aryl methyl sites for hydroxylation is 2. The Balaban J connectivity index is 1.78. The number of amides is 1. The van der Waals surface area contributed by atoms with Gasteiger partial charge in [0.05, 0.1) is 7.11 Å². The highest BCUT2D eigenvalue weighted by Gasteiger charge is 2.66. The summed E-state index contributed by atoms with van der Waals surface area (Å²) in [4.78, 5) is 32.5. The molecular formula is C24H27ClN2O3. The van der Waals surface area contributed by atoms with Gasteiger partial charge in [0, 0.05) is 20.1 Å². The van der Waals surface area contributed by atoms with Crippen LogP contribution in [0.15, 0.2) is 42.5 Å². The Morgan fingerprint density at radius 2 is 1.53 bits per heavy atom. The largest absolute Gasteiger partial charge is 0.331 e. The van der Waals surface area contributed by atoms with Gasteiger partial charge in [0.1, 0.15) is 5.54 Å². The number of benzene rings is 2. The van der Waals surface area contributed by atoms with Crippen LogP contribution in [0, 0.1) is 13.8 Å². The topological polar surface area (TPSA) is 49.9 Å². The molecule has 158 valence electrons. The zero-order chi connectivity index (χ0) is 21.7. The minimum atomic E-state index is -1.69. The molecule has 0 aliphatic carbocycles. The molecule has 2 saturated heterocycles. The van der Waals surface area contributed by atoms with Crippen molar-refractivity contribution in [3.05, 3.63) is 59.2 Å². The van der Waals surface area contributed by atoms with Crippen molar-refractivity contribution in [1.82, 2.24) is 9.96 Å². The summed E-state index contributed by atoms with van der Waals surface area (Å²) in [5.74, 6) is -0.544. The highest BCUT2D eigenvalue weighted by Crippen LogP contribution is 2.50. The van der Waals surface area contributed by atoms with E-state index in [0.717, 1.165) is 22.3 Å². The minimum absolute atomic E-state index is 0.210. The molecule has 2 aliphatic heterocycles. The average Bonchev–Trinajstić information content (AvgIpc) is 2.89. The van der Waals surface area contributed by atoms with Crippen molar-refractivity contribution in [3.8, 4) is 11.1 Å². The molecule has 1 unspecified atom stereocenters. The number of hydrogen-bond acceptors (Lipinski definition) is 4. The van der Waals surface area contributed by atoms with Crippen molar-refractivity contribution in [2.45, 2.75) is 37.1 Å². The van der Waals surface area contributed by atoms with Crippen LogP contribution in [0.25, 0.3) is 11.1 Å². The summed E-state index contributed by atoms with van der Waals surface area (Å²) in [6, 6.07) is 14.1. The van der Waals surface area contributed by atoms with E-state index in [9.17, 15) is 9.59 Å². The maximum absolute atomic E-state index is 13.8. The molecule has 0 aromatic heterocycles. The fraction of sp³-hybridized carbons (Fsp3) is 0.417. The molecule has 0 radical (unpaired) electrons. The number of ketones is 1. The van der Waals surface area contributed by atoms with Crippen molar-refractivity contribution < 1.29 is 14.4 Å². The van der Waals surface area contributed by atoms with E-state index < -0.39 is 10.4 Å². The first-order valence-electron chi connectivity index (χ1n) is 10.2. The third-order valence-corrected chi connectivity index (χ3v) is 7.29. The smallest absolute Gasteiger partial charge is 0.256 e. The van der Waals surface area contributed by atoms with E-state index in [1.807, 2.05) is 61.4 Å². The second-order valence-electron chi connectivity index (χ2n) is 8.35. The number of likely N-dealkylation sites (N-methyl/N-ethyl adjacent to an activating group) is 1. The molecule has 1 spiro atoms. The van der Waals surface area contributed by atoms with Crippen molar-refractivity contribution in [2.75, 3.05) is 27.2 Å². The van der Waals surface area contributed by atoms with Crippen LogP contribution in [0.5, 0.6) is 0 Å². The first-order valence-corrected chi connectivity index (χ1v) is 10.6. The van der Waals surface area contributed by atoms with Crippen molar-refractivity contribution in [2.24, 2.45) is 0 Å². The van der Waals surface area contributed by atoms with Crippen LogP contribution in [0.2, 0.25) is 0 Å². The van der Waals surface area contributed by atoms with E-state index >= 15 is 0 Å². The highest BCUT2D eigenvalue weighted by atomic mass is 35.5. The van der Waals surface area contributed by atoms with Crippen LogP contribution in [0.3, 0.4) is 0 Å². The van der Waals surface area contributed by atoms with Crippen molar-refractivity contribution in [1.29, 1.82) is 0 Å². The van der Waals surface area contributed by atoms with Gasteiger partial charge in [-0.05, 0) is 54.5 Å². The highest BCUT2D eigenvalue weighted by molar-refractivity contribution is 6.49. The second kappa shape index (κ2) is 7.49. The zero-order valence-corrected chi connectivity index (χ0v) is 18.6. The fourth-order valence-corrected chi connectivity index (χ4v) is 5.72. The third-order valence-electron chi connectivity index (χ3n) is 6.77. The Morgan fingerprint density at radius 1 is 0.967 bits per heavy atom. The van der Waals surface area contributed by atoms with Crippen LogP contribution >= 0.6 is 11.6 Å². The Morgan fingerprint density at radius 3 is 2.07 bits per heavy atom. The van der Waals surface area contributed by atoms with Crippen LogP contribution in [-0.2, 0) is 19.3 Å². The molecule has 30 heavy (non-hydrogen) atoms. The molecule has 2 aromatic carbocycles. The van der Waals surface area contributed by atoms with Gasteiger partial charge in [0.25, 0.3) is 5.91 Å². The van der Waals surface area contributed by atoms with Gasteiger partial charge in [-0.3, -0.25) is 9.59 Å². The van der Waals surface area contributed by atoms with E-state index in [1.165, 1.54) is 0 Å². The lowest BCUT2D eigenvalue weighted by atomic mass is 9.78. The molecule has 2 aromatic rings. The monoisotopic (exact) mass is 426 g/mol. The molecule has 0 bridgehead atoms. The van der Waals surface area contributed by atoms with Gasteiger partial charge in [-0.1, -0.05) is 54.1 Å². The number of nitrogens with zero attached hydrogens (tertiary/aromatic N) is 2. The molecular weight excluding hydrogens is 400 g/mol. The summed E-state index contributed by atoms with van der Waals surface area (Å²) < 4.78 is 0. The lowest BCUT2D eigenvalue weighted by Gasteiger charge is -2.41. The van der Waals surface area contributed by atoms with E-state index in [-0.39, 0.29) is 11.7 Å². The quantitative estimate of drug-likeness (QED) is 0.552. The predicted molar refractivity (Wildman–Crippen MR) is 117 cm³/mol. The molecule has 1 atom stereocenters. The SMILES string of the molecule is CON1CCC2(CC1)C(=O)C(Cl)(c1c(C)cc(-c3ccccc3)cc1C)C(=O)N2C. The summed E-state index contributed by atoms with van der Waals surface area (Å²) in [6.45, 7) is 5.02. The first kappa shape index (κ1) is 21.0. The minimum Gasteiger partial charge on any atom is -0.331 e. The summed E-state index contributed by atoms with van der Waals surface area (Å²) in [5.41, 5.74) is 3.57. The molecule has 0 N–H and O–H groups in total. The van der Waals surface area contributed by atoms with Gasteiger partial charge in [0.2, 0.25) is 4.87 Å². The normalized spacial score (nSPS) is 24.1. The van der Waals surface area contributed by atoms with Crippen molar-refractivity contribution >= 4 is 23.3 Å². The molecule has 6 heteroatoms. The number of piperidine rings is 1. The van der Waals surface area contributed by atoms with Crippen molar-refractivity contribution in [3.63, 3.8) is 0 Å². The number of hydroxylamine groups is 2. The van der Waals surface area contributed by atoms with E-state index in [0.29, 0.717) is 31.5 Å². The number of carbonyl (C=O) groups is 2. The number of alkyl halides is 1. The average molecular weight is 427 g/mol. The van der Waals surface area contributed by atoms with Gasteiger partial charge in [-0.15, -0.1) is 0 Å². The summed E-state index contributed by atoms with van der Waals surface area (Å²) in [7, 11) is 3.33. The van der Waals surface area contributed by atoms with Gasteiger partial charge in [0.15, 0.2) is 5.78 Å². The zero-order valence-electron chi connectivity index (χ0n) is 17.9. The molecule has 4 rings (SSSR count). The molecule has 1 amide bonds. The van der Waals surface area contributed by atoms with Gasteiger partial charge in [-0.25, -0.2) is 0 Å².